The third-order valence-corrected chi connectivity index (χ3v) is 11.1. The largest absolute Gasteiger partial charge is 0.0725 e. The summed E-state index contributed by atoms with van der Waals surface area (Å²) < 4.78 is 0. The highest BCUT2D eigenvalue weighted by atomic mass is 14.5. The van der Waals surface area contributed by atoms with Gasteiger partial charge < -0.3 is 0 Å². The summed E-state index contributed by atoms with van der Waals surface area (Å²) >= 11 is 0. The lowest BCUT2D eigenvalue weighted by molar-refractivity contribution is 0.773. The van der Waals surface area contributed by atoms with Gasteiger partial charge in [0, 0.05) is 0 Å². The maximum Gasteiger partial charge on any atom is 0.0725 e. The molecule has 0 nitrogen and oxygen atoms in total. The van der Waals surface area contributed by atoms with Crippen molar-refractivity contribution in [3.8, 4) is 33.4 Å². The van der Waals surface area contributed by atoms with Crippen LogP contribution in [0.3, 0.4) is 0 Å². The maximum atomic E-state index is 2.45. The van der Waals surface area contributed by atoms with Crippen LogP contribution in [0.25, 0.3) is 76.5 Å². The Balaban J connectivity index is 1.20. The zero-order valence-electron chi connectivity index (χ0n) is 25.7. The molecule has 216 valence electrons. The third kappa shape index (κ3) is 3.13. The average Bonchev–Trinajstić information content (AvgIpc) is 3.44. The lowest BCUT2D eigenvalue weighted by atomic mass is 9.61. The van der Waals surface area contributed by atoms with Crippen molar-refractivity contribution in [2.45, 2.75) is 5.41 Å². The standard InChI is InChI=1S/C47H28/c1-2-15-34-32(13-1)33-14-3-4-16-35(33)40-27-30(23-25-36(34)40)31-24-26-44-41(28-31)38-18-6-8-21-43(38)47(44)42-20-7-5-17-37(42)39-19-9-11-29-12-10-22-45(47)46(29)39/h1-28H. The van der Waals surface area contributed by atoms with Gasteiger partial charge in [0.05, 0.1) is 5.41 Å². The van der Waals surface area contributed by atoms with Crippen LogP contribution in [-0.2, 0) is 5.41 Å². The van der Waals surface area contributed by atoms with Gasteiger partial charge in [-0.25, -0.2) is 0 Å². The summed E-state index contributed by atoms with van der Waals surface area (Å²) in [4.78, 5) is 0. The van der Waals surface area contributed by atoms with Crippen LogP contribution in [0, 0.1) is 0 Å². The van der Waals surface area contributed by atoms with Crippen molar-refractivity contribution >= 4 is 43.1 Å². The van der Waals surface area contributed by atoms with Gasteiger partial charge in [-0.1, -0.05) is 158 Å². The topological polar surface area (TPSA) is 0 Å². The van der Waals surface area contributed by atoms with E-state index in [1.165, 1.54) is 98.7 Å². The molecular weight excluding hydrogens is 565 g/mol. The second kappa shape index (κ2) is 9.06. The van der Waals surface area contributed by atoms with E-state index in [-0.39, 0.29) is 5.41 Å². The van der Waals surface area contributed by atoms with E-state index < -0.39 is 0 Å². The highest BCUT2D eigenvalue weighted by Gasteiger charge is 2.49. The first-order chi connectivity index (χ1) is 23.3. The van der Waals surface area contributed by atoms with Crippen LogP contribution in [0.2, 0.25) is 0 Å². The summed E-state index contributed by atoms with van der Waals surface area (Å²) in [7, 11) is 0. The first kappa shape index (κ1) is 25.2. The molecule has 47 heavy (non-hydrogen) atoms. The second-order valence-corrected chi connectivity index (χ2v) is 13.2. The van der Waals surface area contributed by atoms with Crippen LogP contribution in [0.4, 0.5) is 0 Å². The van der Waals surface area contributed by atoms with E-state index in [4.69, 9.17) is 0 Å². The Morgan fingerprint density at radius 3 is 1.45 bits per heavy atom. The molecule has 9 aromatic carbocycles. The Morgan fingerprint density at radius 1 is 0.277 bits per heavy atom. The first-order valence-electron chi connectivity index (χ1n) is 16.5. The van der Waals surface area contributed by atoms with Crippen LogP contribution in [0.1, 0.15) is 22.3 Å². The van der Waals surface area contributed by atoms with Crippen molar-refractivity contribution in [2.24, 2.45) is 0 Å². The lowest BCUT2D eigenvalue weighted by Gasteiger charge is -2.40. The SMILES string of the molecule is c1ccc2c(c1)-c1cc(-c3ccc4c5ccccc5c5ccccc5c4c3)ccc1C21c2ccccc2-c2cccc3cccc1c23. The molecule has 9 aromatic rings. The molecule has 0 fully saturated rings. The van der Waals surface area contributed by atoms with Gasteiger partial charge in [0.2, 0.25) is 0 Å². The summed E-state index contributed by atoms with van der Waals surface area (Å²) in [6.45, 7) is 0. The molecular formula is C47H28. The van der Waals surface area contributed by atoms with E-state index in [1.54, 1.807) is 0 Å². The molecule has 0 radical (unpaired) electrons. The minimum absolute atomic E-state index is 0.382. The monoisotopic (exact) mass is 592 g/mol. The molecule has 0 heteroatoms. The lowest BCUT2D eigenvalue weighted by Crippen LogP contribution is -2.31. The van der Waals surface area contributed by atoms with Crippen LogP contribution in [0.15, 0.2) is 170 Å². The Bertz CT molecular complexity index is 2760. The van der Waals surface area contributed by atoms with Gasteiger partial charge in [0.1, 0.15) is 0 Å². The zero-order valence-corrected chi connectivity index (χ0v) is 25.7. The van der Waals surface area contributed by atoms with Gasteiger partial charge in [-0.2, -0.15) is 0 Å². The Kier molecular flexibility index (Phi) is 4.86. The Hall–Kier alpha value is -5.98. The molecule has 0 saturated carbocycles. The van der Waals surface area contributed by atoms with Crippen molar-refractivity contribution in [3.63, 3.8) is 0 Å². The van der Waals surface area contributed by atoms with Crippen molar-refractivity contribution in [1.82, 2.24) is 0 Å². The molecule has 2 aliphatic rings. The number of rotatable bonds is 1. The molecule has 0 N–H and O–H groups in total. The molecule has 0 aromatic heterocycles. The molecule has 2 aliphatic carbocycles. The minimum atomic E-state index is -0.382. The normalized spacial score (nSPS) is 15.7. The van der Waals surface area contributed by atoms with Gasteiger partial charge in [-0.15, -0.1) is 0 Å². The number of fused-ring (bicyclic) bond motifs is 15. The van der Waals surface area contributed by atoms with Crippen LogP contribution < -0.4 is 0 Å². The van der Waals surface area contributed by atoms with E-state index in [9.17, 15) is 0 Å². The number of hydrogen-bond donors (Lipinski definition) is 0. The van der Waals surface area contributed by atoms with Gasteiger partial charge >= 0.3 is 0 Å². The van der Waals surface area contributed by atoms with Gasteiger partial charge in [0.25, 0.3) is 0 Å². The van der Waals surface area contributed by atoms with E-state index in [0.717, 1.165) is 0 Å². The predicted octanol–water partition coefficient (Wildman–Crippen LogP) is 12.3. The van der Waals surface area contributed by atoms with E-state index >= 15 is 0 Å². The molecule has 0 bridgehead atoms. The summed E-state index contributed by atoms with van der Waals surface area (Å²) in [5.74, 6) is 0. The first-order valence-corrected chi connectivity index (χ1v) is 16.5. The number of benzene rings is 9. The molecule has 0 saturated heterocycles. The predicted molar refractivity (Wildman–Crippen MR) is 198 cm³/mol. The Labute approximate surface area is 273 Å². The van der Waals surface area contributed by atoms with Crippen molar-refractivity contribution in [1.29, 1.82) is 0 Å². The minimum Gasteiger partial charge on any atom is -0.0619 e. The van der Waals surface area contributed by atoms with Crippen molar-refractivity contribution in [3.05, 3.63) is 192 Å². The summed E-state index contributed by atoms with van der Waals surface area (Å²) in [6, 6.07) is 63.8. The average molecular weight is 593 g/mol. The zero-order chi connectivity index (χ0) is 30.7. The summed E-state index contributed by atoms with van der Waals surface area (Å²) in [5, 5.41) is 10.5. The fourth-order valence-electron chi connectivity index (χ4n) is 9.20. The molecule has 0 aliphatic heterocycles. The highest BCUT2D eigenvalue weighted by Crippen LogP contribution is 2.62. The van der Waals surface area contributed by atoms with Gasteiger partial charge in [0.15, 0.2) is 0 Å². The molecule has 1 unspecified atom stereocenters. The smallest absolute Gasteiger partial charge is 0.0619 e. The quantitative estimate of drug-likeness (QED) is 0.166. The molecule has 1 spiro atoms. The van der Waals surface area contributed by atoms with Gasteiger partial charge in [-0.3, -0.25) is 0 Å². The van der Waals surface area contributed by atoms with E-state index in [1.807, 2.05) is 0 Å². The van der Waals surface area contributed by atoms with Gasteiger partial charge in [-0.05, 0) is 111 Å². The van der Waals surface area contributed by atoms with Crippen LogP contribution in [0.5, 0.6) is 0 Å². The van der Waals surface area contributed by atoms with Crippen LogP contribution in [-0.4, -0.2) is 0 Å². The second-order valence-electron chi connectivity index (χ2n) is 13.2. The van der Waals surface area contributed by atoms with Crippen LogP contribution >= 0.6 is 0 Å². The summed E-state index contributed by atoms with van der Waals surface area (Å²) in [6.07, 6.45) is 0. The van der Waals surface area contributed by atoms with E-state index in [2.05, 4.69) is 170 Å². The van der Waals surface area contributed by atoms with Crippen molar-refractivity contribution in [2.75, 3.05) is 0 Å². The summed E-state index contributed by atoms with van der Waals surface area (Å²) in [5.41, 5.74) is 12.9. The van der Waals surface area contributed by atoms with E-state index in [0.29, 0.717) is 0 Å². The fraction of sp³-hybridized carbons (Fsp3) is 0.0213. The van der Waals surface area contributed by atoms with Crippen molar-refractivity contribution < 1.29 is 0 Å². The maximum absolute atomic E-state index is 2.45. The molecule has 11 rings (SSSR count). The fourth-order valence-corrected chi connectivity index (χ4v) is 9.20. The molecule has 1 atom stereocenters. The highest BCUT2D eigenvalue weighted by molar-refractivity contribution is 6.25. The molecule has 0 amide bonds. The number of hydrogen-bond acceptors (Lipinski definition) is 0. The molecule has 0 heterocycles. The Morgan fingerprint density at radius 2 is 0.745 bits per heavy atom. The third-order valence-electron chi connectivity index (χ3n) is 11.1.